The molecule has 0 aliphatic heterocycles. The maximum atomic E-state index is 11.4. The summed E-state index contributed by atoms with van der Waals surface area (Å²) < 4.78 is 4.55. The van der Waals surface area contributed by atoms with Crippen LogP contribution < -0.4 is 5.32 Å². The van der Waals surface area contributed by atoms with Crippen LogP contribution in [0.4, 0.5) is 0 Å². The van der Waals surface area contributed by atoms with Gasteiger partial charge in [0.2, 0.25) is 5.91 Å². The smallest absolute Gasteiger partial charge is 0.376 e. The van der Waals surface area contributed by atoms with Crippen molar-refractivity contribution in [3.63, 3.8) is 0 Å². The highest BCUT2D eigenvalue weighted by Crippen LogP contribution is 1.99. The molecule has 92 valence electrons. The molecule has 1 N–H and O–H groups in total. The summed E-state index contributed by atoms with van der Waals surface area (Å²) in [5, 5.41) is 2.46. The first-order chi connectivity index (χ1) is 7.38. The van der Waals surface area contributed by atoms with Crippen molar-refractivity contribution in [2.45, 2.75) is 40.2 Å². The summed E-state index contributed by atoms with van der Waals surface area (Å²) in [6.45, 7) is 7.04. The van der Waals surface area contributed by atoms with Crippen molar-refractivity contribution in [3.05, 3.63) is 0 Å². The molecule has 0 rings (SSSR count). The molecule has 0 aliphatic carbocycles. The van der Waals surface area contributed by atoms with Gasteiger partial charge in [0, 0.05) is 6.42 Å². The molecule has 0 saturated heterocycles. The third-order valence-corrected chi connectivity index (χ3v) is 1.84. The van der Waals surface area contributed by atoms with E-state index in [0.717, 1.165) is 0 Å². The van der Waals surface area contributed by atoms with E-state index in [2.05, 4.69) is 10.1 Å². The fraction of sp³-hybridized carbons (Fsp3) is 0.727. The van der Waals surface area contributed by atoms with Gasteiger partial charge in [0.15, 0.2) is 0 Å². The van der Waals surface area contributed by atoms with Gasteiger partial charge in [-0.15, -0.1) is 0 Å². The van der Waals surface area contributed by atoms with E-state index in [1.807, 2.05) is 13.8 Å². The molecule has 1 unspecified atom stereocenters. The van der Waals surface area contributed by atoms with Crippen LogP contribution in [0.3, 0.4) is 0 Å². The van der Waals surface area contributed by atoms with Crippen LogP contribution in [0.1, 0.15) is 34.1 Å². The number of ether oxygens (including phenoxy) is 1. The van der Waals surface area contributed by atoms with E-state index < -0.39 is 17.8 Å². The van der Waals surface area contributed by atoms with Gasteiger partial charge in [0.05, 0.1) is 12.6 Å². The summed E-state index contributed by atoms with van der Waals surface area (Å²) in [6, 6.07) is -0.828. The normalized spacial score (nSPS) is 12.1. The van der Waals surface area contributed by atoms with Crippen LogP contribution >= 0.6 is 0 Å². The molecular formula is C11H19NO4. The summed E-state index contributed by atoms with van der Waals surface area (Å²) in [7, 11) is 0. The number of Topliss-reactive ketones (excluding diaryl/α,β-unsaturated/α-hetero) is 1. The van der Waals surface area contributed by atoms with Crippen molar-refractivity contribution in [1.82, 2.24) is 5.32 Å². The number of hydrogen-bond donors (Lipinski definition) is 1. The lowest BCUT2D eigenvalue weighted by molar-refractivity contribution is -0.154. The van der Waals surface area contributed by atoms with Gasteiger partial charge in [-0.05, 0) is 19.8 Å². The number of carbonyl (C=O) groups is 3. The number of esters is 1. The van der Waals surface area contributed by atoms with Crippen LogP contribution in [0.25, 0.3) is 0 Å². The zero-order valence-electron chi connectivity index (χ0n) is 10.2. The largest absolute Gasteiger partial charge is 0.460 e. The van der Waals surface area contributed by atoms with Crippen LogP contribution in [0.15, 0.2) is 0 Å². The van der Waals surface area contributed by atoms with Crippen LogP contribution in [-0.4, -0.2) is 30.3 Å². The van der Waals surface area contributed by atoms with Crippen molar-refractivity contribution >= 4 is 17.7 Å². The quantitative estimate of drug-likeness (QED) is 0.536. The lowest BCUT2D eigenvalue weighted by atomic mass is 10.1. The topological polar surface area (TPSA) is 72.5 Å². The molecule has 0 radical (unpaired) electrons. The average Bonchev–Trinajstić information content (AvgIpc) is 2.15. The second kappa shape index (κ2) is 6.98. The Bertz CT molecular complexity index is 273. The van der Waals surface area contributed by atoms with E-state index in [-0.39, 0.29) is 18.4 Å². The summed E-state index contributed by atoms with van der Waals surface area (Å²) in [4.78, 5) is 33.8. The Kier molecular flexibility index (Phi) is 6.37. The first kappa shape index (κ1) is 14.6. The van der Waals surface area contributed by atoms with Crippen molar-refractivity contribution < 1.29 is 19.1 Å². The van der Waals surface area contributed by atoms with Crippen LogP contribution in [0.2, 0.25) is 0 Å². The molecule has 0 bridgehead atoms. The predicted octanol–water partition coefficient (Wildman–Crippen LogP) is 0.669. The molecule has 0 aliphatic rings. The van der Waals surface area contributed by atoms with Crippen LogP contribution in [-0.2, 0) is 19.1 Å². The van der Waals surface area contributed by atoms with E-state index in [0.29, 0.717) is 6.42 Å². The lowest BCUT2D eigenvalue weighted by Gasteiger charge is -2.12. The average molecular weight is 229 g/mol. The first-order valence-electron chi connectivity index (χ1n) is 5.38. The van der Waals surface area contributed by atoms with Crippen molar-refractivity contribution in [2.24, 2.45) is 5.92 Å². The van der Waals surface area contributed by atoms with E-state index >= 15 is 0 Å². The Morgan fingerprint density at radius 2 is 1.75 bits per heavy atom. The minimum atomic E-state index is -0.903. The zero-order valence-corrected chi connectivity index (χ0v) is 10.2. The number of amides is 1. The monoisotopic (exact) mass is 229 g/mol. The number of carbonyl (C=O) groups excluding carboxylic acids is 3. The van der Waals surface area contributed by atoms with Gasteiger partial charge in [0.1, 0.15) is 0 Å². The van der Waals surface area contributed by atoms with Gasteiger partial charge < -0.3 is 10.1 Å². The molecule has 5 nitrogen and oxygen atoms in total. The standard InChI is InChI=1S/C11H19NO4/c1-5-16-11(15)10(14)8(4)12-9(13)6-7(2)3/h7-8H,5-6H2,1-4H3,(H,12,13). The molecule has 0 spiro atoms. The SMILES string of the molecule is CCOC(=O)C(=O)C(C)NC(=O)CC(C)C. The van der Waals surface area contributed by atoms with E-state index in [1.54, 1.807) is 6.92 Å². The molecule has 0 aromatic heterocycles. The fourth-order valence-electron chi connectivity index (χ4n) is 1.12. The third kappa shape index (κ3) is 5.48. The number of hydrogen-bond acceptors (Lipinski definition) is 4. The fourth-order valence-corrected chi connectivity index (χ4v) is 1.12. The molecule has 5 heteroatoms. The Balaban J connectivity index is 4.14. The molecule has 1 amide bonds. The lowest BCUT2D eigenvalue weighted by Crippen LogP contribution is -2.42. The molecule has 0 heterocycles. The van der Waals surface area contributed by atoms with Gasteiger partial charge >= 0.3 is 5.97 Å². The van der Waals surface area contributed by atoms with Crippen molar-refractivity contribution in [2.75, 3.05) is 6.61 Å². The van der Waals surface area contributed by atoms with Gasteiger partial charge in [-0.25, -0.2) is 4.79 Å². The maximum Gasteiger partial charge on any atom is 0.376 e. The van der Waals surface area contributed by atoms with E-state index in [9.17, 15) is 14.4 Å². The van der Waals surface area contributed by atoms with Crippen molar-refractivity contribution in [1.29, 1.82) is 0 Å². The second-order valence-electron chi connectivity index (χ2n) is 3.97. The van der Waals surface area contributed by atoms with Gasteiger partial charge in [-0.2, -0.15) is 0 Å². The highest BCUT2D eigenvalue weighted by Gasteiger charge is 2.23. The van der Waals surface area contributed by atoms with Crippen LogP contribution in [0, 0.1) is 5.92 Å². The Labute approximate surface area is 95.5 Å². The summed E-state index contributed by atoms with van der Waals surface area (Å²) >= 11 is 0. The molecular weight excluding hydrogens is 210 g/mol. The minimum absolute atomic E-state index is 0.150. The van der Waals surface area contributed by atoms with E-state index in [1.165, 1.54) is 6.92 Å². The summed E-state index contributed by atoms with van der Waals surface area (Å²) in [5.41, 5.74) is 0. The zero-order chi connectivity index (χ0) is 12.7. The Hall–Kier alpha value is -1.39. The van der Waals surface area contributed by atoms with Gasteiger partial charge in [-0.1, -0.05) is 13.8 Å². The third-order valence-electron chi connectivity index (χ3n) is 1.84. The summed E-state index contributed by atoms with van der Waals surface area (Å²) in [5.74, 6) is -1.65. The maximum absolute atomic E-state index is 11.4. The van der Waals surface area contributed by atoms with Gasteiger partial charge in [0.25, 0.3) is 5.78 Å². The van der Waals surface area contributed by atoms with E-state index in [4.69, 9.17) is 0 Å². The van der Waals surface area contributed by atoms with Crippen molar-refractivity contribution in [3.8, 4) is 0 Å². The number of rotatable bonds is 6. The molecule has 0 fully saturated rings. The highest BCUT2D eigenvalue weighted by molar-refractivity contribution is 6.35. The summed E-state index contributed by atoms with van der Waals surface area (Å²) in [6.07, 6.45) is 0.334. The molecule has 1 atom stereocenters. The molecule has 0 aromatic rings. The first-order valence-corrected chi connectivity index (χ1v) is 5.38. The van der Waals surface area contributed by atoms with Crippen LogP contribution in [0.5, 0.6) is 0 Å². The minimum Gasteiger partial charge on any atom is -0.460 e. The predicted molar refractivity (Wildman–Crippen MR) is 58.7 cm³/mol. The number of ketones is 1. The molecule has 16 heavy (non-hydrogen) atoms. The Morgan fingerprint density at radius 3 is 2.19 bits per heavy atom. The molecule has 0 saturated carbocycles. The molecule has 0 aromatic carbocycles. The second-order valence-corrected chi connectivity index (χ2v) is 3.97. The Morgan fingerprint density at radius 1 is 1.19 bits per heavy atom. The van der Waals surface area contributed by atoms with Gasteiger partial charge in [-0.3, -0.25) is 9.59 Å². The highest BCUT2D eigenvalue weighted by atomic mass is 16.5. The number of nitrogens with one attached hydrogen (secondary N) is 1.